The van der Waals surface area contributed by atoms with Crippen LogP contribution in [0, 0.1) is 10.1 Å². The molecule has 3 heterocycles. The lowest BCUT2D eigenvalue weighted by atomic mass is 10.0. The van der Waals surface area contributed by atoms with E-state index in [9.17, 15) is 14.9 Å². The van der Waals surface area contributed by atoms with Crippen molar-refractivity contribution in [3.05, 3.63) is 82.4 Å². The average molecular weight is 452 g/mol. The van der Waals surface area contributed by atoms with Crippen molar-refractivity contribution >= 4 is 29.0 Å². The second kappa shape index (κ2) is 9.15. The van der Waals surface area contributed by atoms with Gasteiger partial charge in [-0.15, -0.1) is 0 Å². The van der Waals surface area contributed by atoms with Gasteiger partial charge in [0.15, 0.2) is 5.11 Å². The van der Waals surface area contributed by atoms with E-state index in [1.54, 1.807) is 18.3 Å². The number of nitrogens with one attached hydrogen (secondary N) is 1. The van der Waals surface area contributed by atoms with Crippen LogP contribution >= 0.6 is 12.2 Å². The molecule has 32 heavy (non-hydrogen) atoms. The van der Waals surface area contributed by atoms with Crippen LogP contribution in [0.1, 0.15) is 30.0 Å². The molecule has 164 valence electrons. The zero-order valence-electron chi connectivity index (χ0n) is 17.1. The molecule has 0 aliphatic carbocycles. The standard InChI is InChI=1S/C22H20N4O5S/c1-30-19(27)11-13-25-21(20(24-22(25)32)16-4-2-3-12-23-16)18-10-9-17(31-18)14-5-7-15(8-6-14)26(28)29/h2-10,12,20-21H,11,13H2,1H3,(H,24,32)/t20-,21-/m0/s1. The number of nitro groups is 1. The Balaban J connectivity index is 1.67. The minimum atomic E-state index is -0.445. The number of non-ortho nitro benzene ring substituents is 1. The normalized spacial score (nSPS) is 17.8. The minimum Gasteiger partial charge on any atom is -0.469 e. The molecule has 1 aliphatic heterocycles. The van der Waals surface area contributed by atoms with E-state index in [-0.39, 0.29) is 30.2 Å². The molecule has 2 aromatic heterocycles. The van der Waals surface area contributed by atoms with Crippen molar-refractivity contribution < 1.29 is 18.9 Å². The van der Waals surface area contributed by atoms with Crippen molar-refractivity contribution in [3.8, 4) is 11.3 Å². The summed E-state index contributed by atoms with van der Waals surface area (Å²) in [6, 6.07) is 14.8. The number of ether oxygens (including phenoxy) is 1. The highest BCUT2D eigenvalue weighted by atomic mass is 32.1. The summed E-state index contributed by atoms with van der Waals surface area (Å²) in [5.74, 6) is 0.866. The summed E-state index contributed by atoms with van der Waals surface area (Å²) in [4.78, 5) is 28.6. The Morgan fingerprint density at radius 1 is 1.25 bits per heavy atom. The molecule has 1 N–H and O–H groups in total. The maximum Gasteiger partial charge on any atom is 0.307 e. The number of hydrogen-bond donors (Lipinski definition) is 1. The molecular formula is C22H20N4O5S. The third kappa shape index (κ3) is 4.30. The molecule has 1 aliphatic rings. The van der Waals surface area contributed by atoms with Gasteiger partial charge >= 0.3 is 5.97 Å². The van der Waals surface area contributed by atoms with Crippen LogP contribution in [-0.4, -0.2) is 39.5 Å². The number of pyridine rings is 1. The van der Waals surface area contributed by atoms with E-state index in [1.165, 1.54) is 19.2 Å². The Hall–Kier alpha value is -3.79. The fourth-order valence-corrected chi connectivity index (χ4v) is 4.02. The first-order valence-electron chi connectivity index (χ1n) is 9.87. The first-order chi connectivity index (χ1) is 15.5. The second-order valence-electron chi connectivity index (χ2n) is 7.15. The van der Waals surface area contributed by atoms with E-state index < -0.39 is 4.92 Å². The average Bonchev–Trinajstić information content (AvgIpc) is 3.42. The second-order valence-corrected chi connectivity index (χ2v) is 7.54. The van der Waals surface area contributed by atoms with Gasteiger partial charge in [-0.2, -0.15) is 0 Å². The van der Waals surface area contributed by atoms with E-state index in [0.29, 0.717) is 28.7 Å². The number of thiocarbonyl (C=S) groups is 1. The lowest BCUT2D eigenvalue weighted by Crippen LogP contribution is -2.31. The fourth-order valence-electron chi connectivity index (χ4n) is 3.68. The monoisotopic (exact) mass is 452 g/mol. The molecule has 1 aromatic carbocycles. The van der Waals surface area contributed by atoms with Crippen LogP contribution in [0.25, 0.3) is 11.3 Å². The lowest BCUT2D eigenvalue weighted by molar-refractivity contribution is -0.384. The van der Waals surface area contributed by atoms with Crippen LogP contribution in [0.2, 0.25) is 0 Å². The van der Waals surface area contributed by atoms with Gasteiger partial charge in [-0.25, -0.2) is 0 Å². The maximum atomic E-state index is 11.7. The summed E-state index contributed by atoms with van der Waals surface area (Å²) in [6.07, 6.45) is 1.87. The number of esters is 1. The maximum absolute atomic E-state index is 11.7. The zero-order valence-corrected chi connectivity index (χ0v) is 18.0. The third-order valence-corrected chi connectivity index (χ3v) is 5.62. The number of furan rings is 1. The quantitative estimate of drug-likeness (QED) is 0.248. The van der Waals surface area contributed by atoms with E-state index in [2.05, 4.69) is 10.3 Å². The van der Waals surface area contributed by atoms with Crippen LogP contribution in [0.4, 0.5) is 5.69 Å². The Labute approximate surface area is 189 Å². The SMILES string of the molecule is COC(=O)CCN1C(=S)N[C@@H](c2ccccn2)[C@@H]1c1ccc(-c2ccc([N+](=O)[O-])cc2)o1. The molecule has 0 spiro atoms. The predicted octanol–water partition coefficient (Wildman–Crippen LogP) is 3.79. The Morgan fingerprint density at radius 2 is 2.03 bits per heavy atom. The number of benzene rings is 1. The van der Waals surface area contributed by atoms with Gasteiger partial charge in [0, 0.05) is 30.4 Å². The van der Waals surface area contributed by atoms with E-state index in [1.807, 2.05) is 35.2 Å². The van der Waals surface area contributed by atoms with Gasteiger partial charge in [0.05, 0.1) is 30.2 Å². The number of hydrogen-bond acceptors (Lipinski definition) is 7. The number of aromatic nitrogens is 1. The van der Waals surface area contributed by atoms with Crippen LogP contribution in [0.15, 0.2) is 65.2 Å². The Bertz CT molecular complexity index is 1130. The smallest absolute Gasteiger partial charge is 0.307 e. The first-order valence-corrected chi connectivity index (χ1v) is 10.3. The summed E-state index contributed by atoms with van der Waals surface area (Å²) in [7, 11) is 1.35. The number of carbonyl (C=O) groups is 1. The molecule has 1 saturated heterocycles. The number of nitrogens with zero attached hydrogens (tertiary/aromatic N) is 3. The van der Waals surface area contributed by atoms with Crippen molar-refractivity contribution in [3.63, 3.8) is 0 Å². The van der Waals surface area contributed by atoms with Crippen LogP contribution < -0.4 is 5.32 Å². The van der Waals surface area contributed by atoms with Crippen molar-refractivity contribution in [2.45, 2.75) is 18.5 Å². The summed E-state index contributed by atoms with van der Waals surface area (Å²) in [6.45, 7) is 0.347. The van der Waals surface area contributed by atoms with Crippen LogP contribution in [0.5, 0.6) is 0 Å². The molecule has 3 aromatic rings. The molecule has 9 nitrogen and oxygen atoms in total. The number of rotatable bonds is 7. The molecule has 0 radical (unpaired) electrons. The number of methoxy groups -OCH3 is 1. The van der Waals surface area contributed by atoms with E-state index >= 15 is 0 Å². The fraction of sp³-hybridized carbons (Fsp3) is 0.227. The molecule has 2 atom stereocenters. The largest absolute Gasteiger partial charge is 0.469 e. The molecule has 4 rings (SSSR count). The van der Waals surface area contributed by atoms with Gasteiger partial charge < -0.3 is 19.4 Å². The zero-order chi connectivity index (χ0) is 22.7. The number of carbonyl (C=O) groups excluding carboxylic acids is 1. The van der Waals surface area contributed by atoms with Gasteiger partial charge in [0.1, 0.15) is 17.6 Å². The van der Waals surface area contributed by atoms with Crippen molar-refractivity contribution in [1.29, 1.82) is 0 Å². The molecular weight excluding hydrogens is 432 g/mol. The minimum absolute atomic E-state index is 0.00933. The molecule has 0 unspecified atom stereocenters. The van der Waals surface area contributed by atoms with Crippen molar-refractivity contribution in [2.24, 2.45) is 0 Å². The molecule has 0 saturated carbocycles. The number of nitro benzene ring substituents is 1. The first kappa shape index (κ1) is 21.4. The summed E-state index contributed by atoms with van der Waals surface area (Å²) >= 11 is 5.55. The molecule has 0 bridgehead atoms. The Kier molecular flexibility index (Phi) is 6.13. The lowest BCUT2D eigenvalue weighted by Gasteiger charge is -2.25. The highest BCUT2D eigenvalue weighted by Gasteiger charge is 2.41. The van der Waals surface area contributed by atoms with E-state index in [4.69, 9.17) is 21.4 Å². The molecule has 10 heteroatoms. The van der Waals surface area contributed by atoms with E-state index in [0.717, 1.165) is 5.69 Å². The predicted molar refractivity (Wildman–Crippen MR) is 120 cm³/mol. The van der Waals surface area contributed by atoms with Crippen LogP contribution in [0.3, 0.4) is 0 Å². The van der Waals surface area contributed by atoms with Gasteiger partial charge in [0.25, 0.3) is 5.69 Å². The van der Waals surface area contributed by atoms with Gasteiger partial charge in [0.2, 0.25) is 0 Å². The Morgan fingerprint density at radius 3 is 2.69 bits per heavy atom. The van der Waals surface area contributed by atoms with Gasteiger partial charge in [-0.05, 0) is 48.6 Å². The van der Waals surface area contributed by atoms with Gasteiger partial charge in [-0.3, -0.25) is 19.9 Å². The van der Waals surface area contributed by atoms with Crippen LogP contribution in [-0.2, 0) is 9.53 Å². The molecule has 1 fully saturated rings. The highest BCUT2D eigenvalue weighted by Crippen LogP contribution is 2.40. The highest BCUT2D eigenvalue weighted by molar-refractivity contribution is 7.80. The molecule has 0 amide bonds. The van der Waals surface area contributed by atoms with Crippen molar-refractivity contribution in [2.75, 3.05) is 13.7 Å². The van der Waals surface area contributed by atoms with Gasteiger partial charge in [-0.1, -0.05) is 6.07 Å². The third-order valence-electron chi connectivity index (χ3n) is 5.26. The summed E-state index contributed by atoms with van der Waals surface area (Å²) < 4.78 is 10.9. The topological polar surface area (TPSA) is 111 Å². The summed E-state index contributed by atoms with van der Waals surface area (Å²) in [5, 5.41) is 14.7. The van der Waals surface area contributed by atoms with Crippen molar-refractivity contribution in [1.82, 2.24) is 15.2 Å². The summed E-state index contributed by atoms with van der Waals surface area (Å²) in [5.41, 5.74) is 1.51.